The molecule has 1 aromatic carbocycles. The molecule has 0 saturated carbocycles. The Morgan fingerprint density at radius 3 is 2.88 bits per heavy atom. The predicted molar refractivity (Wildman–Crippen MR) is 106 cm³/mol. The summed E-state index contributed by atoms with van der Waals surface area (Å²) in [5, 5.41) is 7.35. The molecule has 26 heavy (non-hydrogen) atoms. The van der Waals surface area contributed by atoms with Gasteiger partial charge in [-0.15, -0.1) is 11.3 Å². The van der Waals surface area contributed by atoms with Crippen LogP contribution in [0.2, 0.25) is 0 Å². The van der Waals surface area contributed by atoms with Crippen LogP contribution in [-0.4, -0.2) is 37.1 Å². The molecule has 5 nitrogen and oxygen atoms in total. The van der Waals surface area contributed by atoms with Crippen molar-refractivity contribution >= 4 is 17.2 Å². The third kappa shape index (κ3) is 4.83. The minimum atomic E-state index is -0.0130. The van der Waals surface area contributed by atoms with Crippen LogP contribution in [0, 0.1) is 12.8 Å². The smallest absolute Gasteiger partial charge is 0.263 e. The third-order valence-electron chi connectivity index (χ3n) is 4.65. The molecule has 2 heterocycles. The SMILES string of the molecule is CCOc1ccc(-c2nc(C)c(C(=O)NCCC3CCCNC3)s2)cc1. The number of amides is 1. The minimum absolute atomic E-state index is 0.0130. The van der Waals surface area contributed by atoms with Crippen molar-refractivity contribution < 1.29 is 9.53 Å². The molecule has 1 fully saturated rings. The van der Waals surface area contributed by atoms with E-state index in [1.807, 2.05) is 38.1 Å². The maximum atomic E-state index is 12.5. The highest BCUT2D eigenvalue weighted by Gasteiger charge is 2.17. The number of nitrogens with one attached hydrogen (secondary N) is 2. The van der Waals surface area contributed by atoms with Crippen LogP contribution in [0.4, 0.5) is 0 Å². The molecule has 1 aromatic heterocycles. The van der Waals surface area contributed by atoms with Gasteiger partial charge in [0.1, 0.15) is 15.6 Å². The molecule has 2 aromatic rings. The Morgan fingerprint density at radius 1 is 1.38 bits per heavy atom. The molecule has 0 spiro atoms. The summed E-state index contributed by atoms with van der Waals surface area (Å²) in [5.41, 5.74) is 1.80. The van der Waals surface area contributed by atoms with E-state index < -0.39 is 0 Å². The second-order valence-corrected chi connectivity index (χ2v) is 7.65. The number of aryl methyl sites for hydroxylation is 1. The van der Waals surface area contributed by atoms with Crippen molar-refractivity contribution in [3.63, 3.8) is 0 Å². The molecule has 1 saturated heterocycles. The summed E-state index contributed by atoms with van der Waals surface area (Å²) in [4.78, 5) is 17.8. The number of ether oxygens (including phenoxy) is 1. The first kappa shape index (κ1) is 18.9. The standard InChI is InChI=1S/C20H27N3O2S/c1-3-25-17-8-6-16(7-9-17)20-23-14(2)18(26-20)19(24)22-12-10-15-5-4-11-21-13-15/h6-9,15,21H,3-5,10-13H2,1-2H3,(H,22,24). The summed E-state index contributed by atoms with van der Waals surface area (Å²) in [5.74, 6) is 1.51. The largest absolute Gasteiger partial charge is 0.494 e. The summed E-state index contributed by atoms with van der Waals surface area (Å²) in [7, 11) is 0. The number of benzene rings is 1. The van der Waals surface area contributed by atoms with Crippen molar-refractivity contribution in [1.29, 1.82) is 0 Å². The molecular formula is C20H27N3O2S. The number of nitrogens with zero attached hydrogens (tertiary/aromatic N) is 1. The van der Waals surface area contributed by atoms with Gasteiger partial charge < -0.3 is 15.4 Å². The second-order valence-electron chi connectivity index (χ2n) is 6.65. The molecule has 6 heteroatoms. The quantitative estimate of drug-likeness (QED) is 0.778. The Bertz CT molecular complexity index is 721. The highest BCUT2D eigenvalue weighted by molar-refractivity contribution is 7.17. The van der Waals surface area contributed by atoms with Gasteiger partial charge in [-0.3, -0.25) is 4.79 Å². The van der Waals surface area contributed by atoms with Gasteiger partial charge >= 0.3 is 0 Å². The zero-order chi connectivity index (χ0) is 18.4. The lowest BCUT2D eigenvalue weighted by atomic mass is 9.96. The number of carbonyl (C=O) groups excluding carboxylic acids is 1. The number of aromatic nitrogens is 1. The molecule has 1 aliphatic rings. The van der Waals surface area contributed by atoms with Gasteiger partial charge in [-0.1, -0.05) is 0 Å². The lowest BCUT2D eigenvalue weighted by Crippen LogP contribution is -2.33. The average Bonchev–Trinajstić information content (AvgIpc) is 3.05. The summed E-state index contributed by atoms with van der Waals surface area (Å²) in [6.45, 7) is 7.43. The Kier molecular flexibility index (Phi) is 6.63. The molecule has 0 radical (unpaired) electrons. The first-order valence-corrected chi connectivity index (χ1v) is 10.2. The van der Waals surface area contributed by atoms with Crippen LogP contribution in [0.5, 0.6) is 5.75 Å². The van der Waals surface area contributed by atoms with E-state index >= 15 is 0 Å². The monoisotopic (exact) mass is 373 g/mol. The topological polar surface area (TPSA) is 63.2 Å². The number of rotatable bonds is 7. The van der Waals surface area contributed by atoms with Gasteiger partial charge in [0.2, 0.25) is 0 Å². The van der Waals surface area contributed by atoms with Crippen molar-refractivity contribution in [2.75, 3.05) is 26.2 Å². The van der Waals surface area contributed by atoms with E-state index in [0.29, 0.717) is 17.4 Å². The van der Waals surface area contributed by atoms with Crippen LogP contribution < -0.4 is 15.4 Å². The van der Waals surface area contributed by atoms with E-state index in [0.717, 1.165) is 48.1 Å². The Hall–Kier alpha value is -1.92. The van der Waals surface area contributed by atoms with Gasteiger partial charge in [0.15, 0.2) is 0 Å². The normalized spacial score (nSPS) is 17.1. The fraction of sp³-hybridized carbons (Fsp3) is 0.500. The summed E-state index contributed by atoms with van der Waals surface area (Å²) in [6, 6.07) is 7.85. The minimum Gasteiger partial charge on any atom is -0.494 e. The fourth-order valence-electron chi connectivity index (χ4n) is 3.23. The number of thiazole rings is 1. The van der Waals surface area contributed by atoms with Crippen LogP contribution in [0.3, 0.4) is 0 Å². The molecule has 1 aliphatic heterocycles. The van der Waals surface area contributed by atoms with Crippen molar-refractivity contribution in [3.05, 3.63) is 34.8 Å². The highest BCUT2D eigenvalue weighted by Crippen LogP contribution is 2.29. The first-order chi connectivity index (χ1) is 12.7. The Balaban J connectivity index is 1.58. The molecule has 1 amide bonds. The van der Waals surface area contributed by atoms with Crippen LogP contribution >= 0.6 is 11.3 Å². The predicted octanol–water partition coefficient (Wildman–Crippen LogP) is 3.64. The van der Waals surface area contributed by atoms with Crippen molar-refractivity contribution in [2.24, 2.45) is 5.92 Å². The number of carbonyl (C=O) groups is 1. The van der Waals surface area contributed by atoms with E-state index in [1.54, 1.807) is 0 Å². The molecule has 2 N–H and O–H groups in total. The van der Waals surface area contributed by atoms with Gasteiger partial charge in [0.05, 0.1) is 12.3 Å². The average molecular weight is 374 g/mol. The molecule has 3 rings (SSSR count). The number of piperidine rings is 1. The van der Waals surface area contributed by atoms with Crippen molar-refractivity contribution in [1.82, 2.24) is 15.6 Å². The van der Waals surface area contributed by atoms with Gasteiger partial charge in [-0.05, 0) is 76.4 Å². The zero-order valence-corrected chi connectivity index (χ0v) is 16.3. The van der Waals surface area contributed by atoms with Gasteiger partial charge in [-0.2, -0.15) is 0 Å². The molecule has 140 valence electrons. The number of hydrogen-bond donors (Lipinski definition) is 2. The van der Waals surface area contributed by atoms with Gasteiger partial charge in [0.25, 0.3) is 5.91 Å². The highest BCUT2D eigenvalue weighted by atomic mass is 32.1. The van der Waals surface area contributed by atoms with E-state index in [1.165, 1.54) is 24.2 Å². The second kappa shape index (κ2) is 9.14. The van der Waals surface area contributed by atoms with E-state index in [9.17, 15) is 4.79 Å². The summed E-state index contributed by atoms with van der Waals surface area (Å²) < 4.78 is 5.47. The molecule has 0 aliphatic carbocycles. The van der Waals surface area contributed by atoms with Crippen LogP contribution in [0.15, 0.2) is 24.3 Å². The molecular weight excluding hydrogens is 346 g/mol. The van der Waals surface area contributed by atoms with Crippen LogP contribution in [-0.2, 0) is 0 Å². The van der Waals surface area contributed by atoms with Crippen LogP contribution in [0.25, 0.3) is 10.6 Å². The lowest BCUT2D eigenvalue weighted by Gasteiger charge is -2.22. The van der Waals surface area contributed by atoms with Crippen molar-refractivity contribution in [3.8, 4) is 16.3 Å². The molecule has 1 unspecified atom stereocenters. The van der Waals surface area contributed by atoms with Crippen molar-refractivity contribution in [2.45, 2.75) is 33.1 Å². The molecule has 1 atom stereocenters. The Labute approximate surface area is 159 Å². The summed E-state index contributed by atoms with van der Waals surface area (Å²) >= 11 is 1.45. The van der Waals surface area contributed by atoms with E-state index in [2.05, 4.69) is 15.6 Å². The molecule has 0 bridgehead atoms. The van der Waals surface area contributed by atoms with E-state index in [-0.39, 0.29) is 5.91 Å². The maximum Gasteiger partial charge on any atom is 0.263 e. The van der Waals surface area contributed by atoms with Gasteiger partial charge in [-0.25, -0.2) is 4.98 Å². The fourth-order valence-corrected chi connectivity index (χ4v) is 4.22. The van der Waals surface area contributed by atoms with Crippen LogP contribution in [0.1, 0.15) is 41.6 Å². The number of hydrogen-bond acceptors (Lipinski definition) is 5. The zero-order valence-electron chi connectivity index (χ0n) is 15.5. The Morgan fingerprint density at radius 2 is 2.19 bits per heavy atom. The van der Waals surface area contributed by atoms with Gasteiger partial charge in [0, 0.05) is 12.1 Å². The third-order valence-corrected chi connectivity index (χ3v) is 5.86. The summed E-state index contributed by atoms with van der Waals surface area (Å²) in [6.07, 6.45) is 3.52. The lowest BCUT2D eigenvalue weighted by molar-refractivity contribution is 0.0954. The van der Waals surface area contributed by atoms with E-state index in [4.69, 9.17) is 4.74 Å². The maximum absolute atomic E-state index is 12.5. The first-order valence-electron chi connectivity index (χ1n) is 9.37.